The second-order valence-electron chi connectivity index (χ2n) is 16.6. The molecule has 0 aliphatic rings. The van der Waals surface area contributed by atoms with Gasteiger partial charge in [0.05, 0.1) is 37.1 Å². The molecule has 0 aliphatic carbocycles. The molecule has 0 radical (unpaired) electrons. The van der Waals surface area contributed by atoms with Crippen LogP contribution in [-0.4, -0.2) is 94.7 Å². The number of carbonyl (C=O) groups excluding carboxylic acids is 2. The molecule has 0 bridgehead atoms. The normalized spacial score (nSPS) is 12.5. The summed E-state index contributed by atoms with van der Waals surface area (Å²) in [5.74, 6) is -2.37. The summed E-state index contributed by atoms with van der Waals surface area (Å²) < 4.78 is 0. The van der Waals surface area contributed by atoms with Crippen molar-refractivity contribution >= 4 is 33.5 Å². The van der Waals surface area contributed by atoms with E-state index in [1.165, 1.54) is 193 Å². The SMILES string of the molecule is CCCCCCCC/C=C\CCCCCCCCC[NH2+]CC(O)O.CCCCCCCC/C=C\CCCCCCCCC[NH2+]CC(O)O.N[C@@H](CSSC[C@H](N)C(=O)[O-])C(=O)[O-]. The molecule has 0 amide bonds. The van der Waals surface area contributed by atoms with E-state index in [0.717, 1.165) is 34.7 Å². The fourth-order valence-electron chi connectivity index (χ4n) is 6.34. The van der Waals surface area contributed by atoms with Crippen molar-refractivity contribution in [3.05, 3.63) is 24.3 Å². The fourth-order valence-corrected chi connectivity index (χ4v) is 8.55. The first-order valence-electron chi connectivity index (χ1n) is 24.8. The predicted octanol–water partition coefficient (Wildman–Crippen LogP) is 5.10. The molecule has 2 atom stereocenters. The zero-order valence-corrected chi connectivity index (χ0v) is 41.3. The van der Waals surface area contributed by atoms with Crippen LogP contribution in [0.25, 0.3) is 0 Å². The van der Waals surface area contributed by atoms with Crippen LogP contribution in [0.4, 0.5) is 0 Å². The van der Waals surface area contributed by atoms with Gasteiger partial charge in [-0.1, -0.05) is 175 Å². The third-order valence-corrected chi connectivity index (χ3v) is 12.8. The number of carboxylic acid groups (broad SMARTS) is 2. The van der Waals surface area contributed by atoms with Gasteiger partial charge in [0.25, 0.3) is 0 Å². The Labute approximate surface area is 387 Å². The smallest absolute Gasteiger partial charge is 0.202 e. The Kier molecular flexibility index (Phi) is 58.7. The van der Waals surface area contributed by atoms with Crippen LogP contribution in [0.15, 0.2) is 24.3 Å². The minimum absolute atomic E-state index is 0.146. The molecule has 0 unspecified atom stereocenters. The molecule has 12 nitrogen and oxygen atoms in total. The Morgan fingerprint density at radius 1 is 0.452 bits per heavy atom. The first-order chi connectivity index (χ1) is 30.0. The number of carboxylic acids is 2. The second-order valence-corrected chi connectivity index (χ2v) is 19.1. The van der Waals surface area contributed by atoms with E-state index in [1.54, 1.807) is 0 Å². The van der Waals surface area contributed by atoms with Gasteiger partial charge >= 0.3 is 0 Å². The van der Waals surface area contributed by atoms with Crippen LogP contribution < -0.4 is 32.3 Å². The lowest BCUT2D eigenvalue weighted by Crippen LogP contribution is -2.86. The molecule has 0 aromatic rings. The van der Waals surface area contributed by atoms with E-state index in [0.29, 0.717) is 13.1 Å². The minimum Gasteiger partial charge on any atom is -0.548 e. The zero-order chi connectivity index (χ0) is 46.6. The Hall–Kier alpha value is -1.20. The lowest BCUT2D eigenvalue weighted by atomic mass is 10.1. The van der Waals surface area contributed by atoms with Gasteiger partial charge in [-0.15, -0.1) is 0 Å². The van der Waals surface area contributed by atoms with Crippen LogP contribution in [0, 0.1) is 0 Å². The maximum Gasteiger partial charge on any atom is 0.202 e. The molecule has 0 saturated carbocycles. The van der Waals surface area contributed by atoms with Crippen molar-refractivity contribution in [1.82, 2.24) is 0 Å². The van der Waals surface area contributed by atoms with Crippen LogP contribution >= 0.6 is 21.6 Å². The van der Waals surface area contributed by atoms with Gasteiger partial charge in [-0.05, 0) is 77.0 Å². The average molecular weight is 923 g/mol. The quantitative estimate of drug-likeness (QED) is 0.0172. The van der Waals surface area contributed by atoms with E-state index in [2.05, 4.69) is 38.2 Å². The number of carbonyl (C=O) groups is 2. The molecule has 0 heterocycles. The Bertz CT molecular complexity index is 892. The van der Waals surface area contributed by atoms with Gasteiger partial charge in [-0.2, -0.15) is 0 Å². The van der Waals surface area contributed by atoms with E-state index in [4.69, 9.17) is 31.9 Å². The van der Waals surface area contributed by atoms with Crippen LogP contribution in [0.2, 0.25) is 0 Å². The Balaban J connectivity index is -0.000000874. The number of aliphatic hydroxyl groups is 4. The predicted molar refractivity (Wildman–Crippen MR) is 259 cm³/mol. The van der Waals surface area contributed by atoms with Gasteiger partial charge in [0.2, 0.25) is 12.6 Å². The number of aliphatic hydroxyl groups excluding tert-OH is 2. The zero-order valence-electron chi connectivity index (χ0n) is 39.6. The number of quaternary nitrogens is 2. The van der Waals surface area contributed by atoms with E-state index in [9.17, 15) is 19.8 Å². The largest absolute Gasteiger partial charge is 0.548 e. The molecule has 0 fully saturated rings. The molecule has 0 rings (SSSR count). The molecule has 0 saturated heterocycles. The topological polar surface area (TPSA) is 246 Å². The van der Waals surface area contributed by atoms with Crippen LogP contribution in [0.5, 0.6) is 0 Å². The summed E-state index contributed by atoms with van der Waals surface area (Å²) in [6, 6.07) is -2.10. The molecule has 0 aromatic carbocycles. The number of rotatable bonds is 45. The maximum atomic E-state index is 10.1. The van der Waals surface area contributed by atoms with Gasteiger partial charge in [0.1, 0.15) is 13.1 Å². The third kappa shape index (κ3) is 63.1. The fraction of sp³-hybridized carbons (Fsp3) is 0.875. The number of hydrogen-bond donors (Lipinski definition) is 8. The van der Waals surface area contributed by atoms with Crippen LogP contribution in [-0.2, 0) is 9.59 Å². The summed E-state index contributed by atoms with van der Waals surface area (Å²) in [4.78, 5) is 20.3. The van der Waals surface area contributed by atoms with Crippen molar-refractivity contribution in [2.75, 3.05) is 37.7 Å². The minimum atomic E-state index is -1.33. The summed E-state index contributed by atoms with van der Waals surface area (Å²) >= 11 is 0. The third-order valence-electron chi connectivity index (χ3n) is 10.3. The standard InChI is InChI=1S/2C21H43NO2.C6H12N2O4S2/c2*1-2-3-4-5-6-7-8-9-10-11-12-13-14-15-16-17-18-19-22-20-21(23)24;7-3(5(9)10)1-13-14-2-4(8)6(11)12/h2*9-10,21-24H,2-8,11-20H2,1H3;3-4H,1-2,7-8H2,(H,9,10)(H,11,12)/b2*10-9-;/t;;3-,4-/m..0/s1. The molecule has 0 aromatic heterocycles. The van der Waals surface area contributed by atoms with Crippen molar-refractivity contribution in [1.29, 1.82) is 0 Å². The number of nitrogens with two attached hydrogens (primary N) is 4. The van der Waals surface area contributed by atoms with Gasteiger partial charge < -0.3 is 62.3 Å². The highest BCUT2D eigenvalue weighted by Gasteiger charge is 2.07. The van der Waals surface area contributed by atoms with E-state index < -0.39 is 36.6 Å². The summed E-state index contributed by atoms with van der Waals surface area (Å²) in [6.07, 6.45) is 47.4. The van der Waals surface area contributed by atoms with Gasteiger partial charge in [0, 0.05) is 11.5 Å². The number of unbranched alkanes of at least 4 members (excludes halogenated alkanes) is 26. The summed E-state index contributed by atoms with van der Waals surface area (Å²) in [5, 5.41) is 59.1. The molecule has 12 N–H and O–H groups in total. The number of allylic oxidation sites excluding steroid dienone is 4. The first kappa shape index (κ1) is 65.1. The van der Waals surface area contributed by atoms with Crippen LogP contribution in [0.1, 0.15) is 206 Å². The molecular weight excluding hydrogens is 825 g/mol. The monoisotopic (exact) mass is 923 g/mol. The number of hydrogen-bond acceptors (Lipinski definition) is 12. The molecule has 0 spiro atoms. The van der Waals surface area contributed by atoms with Gasteiger partial charge in [0.15, 0.2) is 0 Å². The molecule has 0 aliphatic heterocycles. The molecular formula is C48H98N4O8S2. The van der Waals surface area contributed by atoms with E-state index >= 15 is 0 Å². The highest BCUT2D eigenvalue weighted by Crippen LogP contribution is 2.21. The van der Waals surface area contributed by atoms with E-state index in [1.807, 2.05) is 10.6 Å². The highest BCUT2D eigenvalue weighted by molar-refractivity contribution is 8.76. The van der Waals surface area contributed by atoms with Crippen LogP contribution in [0.3, 0.4) is 0 Å². The molecule has 62 heavy (non-hydrogen) atoms. The lowest BCUT2D eigenvalue weighted by Gasteiger charge is -2.13. The Morgan fingerprint density at radius 3 is 0.935 bits per heavy atom. The molecule has 370 valence electrons. The van der Waals surface area contributed by atoms with Crippen molar-refractivity contribution < 1.29 is 50.9 Å². The highest BCUT2D eigenvalue weighted by atomic mass is 33.1. The summed E-state index contributed by atoms with van der Waals surface area (Å²) in [7, 11) is 2.27. The van der Waals surface area contributed by atoms with Gasteiger partial charge in [-0.3, -0.25) is 0 Å². The van der Waals surface area contributed by atoms with Gasteiger partial charge in [-0.25, -0.2) is 0 Å². The van der Waals surface area contributed by atoms with Crippen molar-refractivity contribution in [2.45, 2.75) is 231 Å². The second kappa shape index (κ2) is 55.9. The van der Waals surface area contributed by atoms with Crippen molar-refractivity contribution in [3.63, 3.8) is 0 Å². The molecule has 14 heteroatoms. The first-order valence-corrected chi connectivity index (χ1v) is 27.3. The maximum absolute atomic E-state index is 10.1. The summed E-state index contributed by atoms with van der Waals surface area (Å²) in [6.45, 7) is 7.39. The summed E-state index contributed by atoms with van der Waals surface area (Å²) in [5.41, 5.74) is 10.3. The lowest BCUT2D eigenvalue weighted by molar-refractivity contribution is -0.667. The number of aliphatic carboxylic acids is 2. The van der Waals surface area contributed by atoms with Crippen molar-refractivity contribution in [3.8, 4) is 0 Å². The van der Waals surface area contributed by atoms with Crippen molar-refractivity contribution in [2.24, 2.45) is 11.5 Å². The van der Waals surface area contributed by atoms with E-state index in [-0.39, 0.29) is 11.5 Å². The Morgan fingerprint density at radius 2 is 0.694 bits per heavy atom. The average Bonchev–Trinajstić information content (AvgIpc) is 3.24.